The Kier molecular flexibility index (Phi) is 5.75. The Morgan fingerprint density at radius 2 is 2.11 bits per heavy atom. The van der Waals surface area contributed by atoms with E-state index in [1.807, 2.05) is 11.6 Å². The maximum absolute atomic E-state index is 13.2. The van der Waals surface area contributed by atoms with Crippen LogP contribution in [0.2, 0.25) is 0 Å². The zero-order chi connectivity index (χ0) is 19.5. The molecule has 2 aliphatic rings. The van der Waals surface area contributed by atoms with Crippen molar-refractivity contribution in [2.24, 2.45) is 5.92 Å². The smallest absolute Gasteiger partial charge is 0.310 e. The number of aromatic nitrogens is 3. The van der Waals surface area contributed by atoms with Gasteiger partial charge < -0.3 is 4.74 Å². The zero-order valence-electron chi connectivity index (χ0n) is 16.1. The van der Waals surface area contributed by atoms with Crippen molar-refractivity contribution in [3.8, 4) is 0 Å². The molecule has 2 unspecified atom stereocenters. The van der Waals surface area contributed by atoms with Crippen molar-refractivity contribution < 1.29 is 14.3 Å². The summed E-state index contributed by atoms with van der Waals surface area (Å²) in [5.74, 6) is -0.705. The number of thiazole rings is 1. The second kappa shape index (κ2) is 8.43. The topological polar surface area (TPSA) is 88.2 Å². The van der Waals surface area contributed by atoms with Crippen LogP contribution in [0, 0.1) is 5.92 Å². The second-order valence-electron chi connectivity index (χ2n) is 7.71. The van der Waals surface area contributed by atoms with Crippen LogP contribution in [0.1, 0.15) is 56.7 Å². The third kappa shape index (κ3) is 3.97. The molecule has 0 bridgehead atoms. The number of ether oxygens (including phenoxy) is 1. The molecule has 0 radical (unpaired) electrons. The molecule has 1 saturated carbocycles. The van der Waals surface area contributed by atoms with Crippen molar-refractivity contribution in [2.75, 3.05) is 4.90 Å². The number of aryl methyl sites for hydroxylation is 1. The lowest BCUT2D eigenvalue weighted by Crippen LogP contribution is -2.47. The number of esters is 1. The van der Waals surface area contributed by atoms with Crippen LogP contribution in [0.25, 0.3) is 0 Å². The van der Waals surface area contributed by atoms with Gasteiger partial charge in [0.2, 0.25) is 0 Å². The predicted molar refractivity (Wildman–Crippen MR) is 106 cm³/mol. The number of H-pyrrole nitrogens is 1. The normalized spacial score (nSPS) is 21.0. The minimum Gasteiger partial charge on any atom is -0.452 e. The molecule has 0 aliphatic heterocycles. The van der Waals surface area contributed by atoms with Gasteiger partial charge in [0.05, 0.1) is 12.1 Å². The Labute approximate surface area is 168 Å². The molecule has 4 rings (SSSR count). The zero-order valence-corrected chi connectivity index (χ0v) is 16.9. The van der Waals surface area contributed by atoms with Crippen LogP contribution < -0.4 is 4.90 Å². The fraction of sp³-hybridized carbons (Fsp3) is 0.600. The molecule has 2 aliphatic carbocycles. The average molecular weight is 403 g/mol. The highest BCUT2D eigenvalue weighted by molar-refractivity contribution is 7.13. The molecule has 1 N–H and O–H groups in total. The molecule has 2 heterocycles. The van der Waals surface area contributed by atoms with E-state index in [0.717, 1.165) is 44.2 Å². The Morgan fingerprint density at radius 1 is 1.29 bits per heavy atom. The van der Waals surface area contributed by atoms with Gasteiger partial charge in [-0.15, -0.1) is 11.3 Å². The highest BCUT2D eigenvalue weighted by atomic mass is 32.1. The highest BCUT2D eigenvalue weighted by Crippen LogP contribution is 2.30. The van der Waals surface area contributed by atoms with Gasteiger partial charge in [0, 0.05) is 29.7 Å². The summed E-state index contributed by atoms with van der Waals surface area (Å²) < 4.78 is 5.63. The quantitative estimate of drug-likeness (QED) is 0.776. The number of fused-ring (bicyclic) bond motifs is 1. The summed E-state index contributed by atoms with van der Waals surface area (Å²) in [6.07, 6.45) is 10.2. The van der Waals surface area contributed by atoms with Crippen LogP contribution >= 0.6 is 11.3 Å². The van der Waals surface area contributed by atoms with Crippen LogP contribution in [-0.2, 0) is 27.2 Å². The van der Waals surface area contributed by atoms with E-state index in [2.05, 4.69) is 15.2 Å². The third-order valence-electron chi connectivity index (χ3n) is 5.80. The molecular formula is C20H26N4O3S. The monoisotopic (exact) mass is 402 g/mol. The van der Waals surface area contributed by atoms with Crippen LogP contribution in [0.15, 0.2) is 17.8 Å². The Bertz CT molecular complexity index is 813. The lowest BCUT2D eigenvalue weighted by molar-refractivity contribution is -0.158. The Hall–Kier alpha value is -2.22. The summed E-state index contributed by atoms with van der Waals surface area (Å²) in [6, 6.07) is 0.135. The van der Waals surface area contributed by atoms with Gasteiger partial charge in [0.15, 0.2) is 11.2 Å². The predicted octanol–water partition coefficient (Wildman–Crippen LogP) is 3.27. The standard InChI is InChI=1S/C20H26N4O3S/c1-13(27-19(26)14-7-8-15-12-22-23-17(15)11-14)18(25)24(20-21-9-10-28-20)16-5-3-2-4-6-16/h9-10,12-14,16H,2-8,11H2,1H3,(H,22,23). The molecule has 0 spiro atoms. The fourth-order valence-electron chi connectivity index (χ4n) is 4.23. The number of nitrogens with zero attached hydrogens (tertiary/aromatic N) is 3. The molecule has 2 atom stereocenters. The molecule has 0 aromatic carbocycles. The highest BCUT2D eigenvalue weighted by Gasteiger charge is 2.35. The SMILES string of the molecule is CC(OC(=O)C1CCc2cn[nH]c2C1)C(=O)N(c1nccs1)C1CCCCC1. The first kappa shape index (κ1) is 19.1. The van der Waals surface area contributed by atoms with Crippen molar-refractivity contribution >= 4 is 28.3 Å². The van der Waals surface area contributed by atoms with Crippen molar-refractivity contribution in [1.29, 1.82) is 0 Å². The van der Waals surface area contributed by atoms with Crippen LogP contribution in [-0.4, -0.2) is 39.2 Å². The summed E-state index contributed by atoms with van der Waals surface area (Å²) in [5.41, 5.74) is 2.17. The van der Waals surface area contributed by atoms with E-state index in [0.29, 0.717) is 11.6 Å². The van der Waals surface area contributed by atoms with E-state index in [1.165, 1.54) is 23.3 Å². The molecule has 28 heavy (non-hydrogen) atoms. The van der Waals surface area contributed by atoms with Gasteiger partial charge in [-0.25, -0.2) is 4.98 Å². The summed E-state index contributed by atoms with van der Waals surface area (Å²) in [6.45, 7) is 1.67. The van der Waals surface area contributed by atoms with Crippen molar-refractivity contribution in [2.45, 2.75) is 70.4 Å². The number of nitrogens with one attached hydrogen (secondary N) is 1. The van der Waals surface area contributed by atoms with Gasteiger partial charge in [0.1, 0.15) is 0 Å². The molecule has 1 fully saturated rings. The lowest BCUT2D eigenvalue weighted by atomic mass is 9.88. The molecule has 8 heteroatoms. The number of hydrogen-bond acceptors (Lipinski definition) is 6. The maximum Gasteiger partial charge on any atom is 0.310 e. The minimum absolute atomic E-state index is 0.135. The van der Waals surface area contributed by atoms with E-state index in [-0.39, 0.29) is 23.8 Å². The van der Waals surface area contributed by atoms with E-state index < -0.39 is 6.10 Å². The number of carbonyl (C=O) groups is 2. The summed E-state index contributed by atoms with van der Waals surface area (Å²) >= 11 is 1.45. The van der Waals surface area contributed by atoms with Crippen molar-refractivity contribution in [1.82, 2.24) is 15.2 Å². The third-order valence-corrected chi connectivity index (χ3v) is 6.57. The van der Waals surface area contributed by atoms with Crippen LogP contribution in [0.3, 0.4) is 0 Å². The molecular weight excluding hydrogens is 376 g/mol. The van der Waals surface area contributed by atoms with E-state index in [4.69, 9.17) is 4.74 Å². The van der Waals surface area contributed by atoms with Gasteiger partial charge >= 0.3 is 5.97 Å². The number of carbonyl (C=O) groups excluding carboxylic acids is 2. The maximum atomic E-state index is 13.2. The number of rotatable bonds is 5. The number of hydrogen-bond donors (Lipinski definition) is 1. The van der Waals surface area contributed by atoms with Gasteiger partial charge in [-0.2, -0.15) is 5.10 Å². The molecule has 7 nitrogen and oxygen atoms in total. The molecule has 0 saturated heterocycles. The minimum atomic E-state index is -0.818. The molecule has 2 aromatic rings. The second-order valence-corrected chi connectivity index (χ2v) is 8.58. The molecule has 150 valence electrons. The first-order chi connectivity index (χ1) is 13.6. The van der Waals surface area contributed by atoms with Crippen LogP contribution in [0.5, 0.6) is 0 Å². The fourth-order valence-corrected chi connectivity index (χ4v) is 4.95. The van der Waals surface area contributed by atoms with Crippen molar-refractivity contribution in [3.63, 3.8) is 0 Å². The number of amides is 1. The summed E-state index contributed by atoms with van der Waals surface area (Å²) in [5, 5.41) is 9.57. The van der Waals surface area contributed by atoms with Gasteiger partial charge in [-0.05, 0) is 38.2 Å². The van der Waals surface area contributed by atoms with Gasteiger partial charge in [0.25, 0.3) is 5.91 Å². The van der Waals surface area contributed by atoms with E-state index in [1.54, 1.807) is 18.0 Å². The lowest BCUT2D eigenvalue weighted by Gasteiger charge is -2.34. The Morgan fingerprint density at radius 3 is 2.86 bits per heavy atom. The average Bonchev–Trinajstić information content (AvgIpc) is 3.40. The van der Waals surface area contributed by atoms with Gasteiger partial charge in [-0.3, -0.25) is 19.6 Å². The van der Waals surface area contributed by atoms with E-state index >= 15 is 0 Å². The number of aromatic amines is 1. The van der Waals surface area contributed by atoms with Crippen LogP contribution in [0.4, 0.5) is 5.13 Å². The largest absolute Gasteiger partial charge is 0.452 e. The molecule has 1 amide bonds. The first-order valence-corrected chi connectivity index (χ1v) is 11.0. The first-order valence-electron chi connectivity index (χ1n) is 10.1. The summed E-state index contributed by atoms with van der Waals surface area (Å²) in [7, 11) is 0. The van der Waals surface area contributed by atoms with E-state index in [9.17, 15) is 9.59 Å². The van der Waals surface area contributed by atoms with Gasteiger partial charge in [-0.1, -0.05) is 19.3 Å². The van der Waals surface area contributed by atoms with Crippen molar-refractivity contribution in [3.05, 3.63) is 29.0 Å². The number of anilines is 1. The Balaban J connectivity index is 1.43. The molecule has 2 aromatic heterocycles. The summed E-state index contributed by atoms with van der Waals surface area (Å²) in [4.78, 5) is 32.0.